The van der Waals surface area contributed by atoms with E-state index in [2.05, 4.69) is 35.7 Å². The zero-order valence-electron chi connectivity index (χ0n) is 24.5. The number of rotatable bonds is 10. The Morgan fingerprint density at radius 2 is 1.77 bits per heavy atom. The van der Waals surface area contributed by atoms with Crippen LogP contribution in [-0.2, 0) is 43.7 Å². The number of benzene rings is 1. The number of nitrogens with one attached hydrogen (secondary N) is 1. The number of unbranched alkanes of at least 4 members (excludes halogenated alkanes) is 1. The Balaban J connectivity index is 0.00000199. The van der Waals surface area contributed by atoms with Crippen molar-refractivity contribution in [3.8, 4) is 5.75 Å². The minimum atomic E-state index is -4.45. The maximum atomic E-state index is 13.4. The van der Waals surface area contributed by atoms with Crippen molar-refractivity contribution in [2.45, 2.75) is 98.3 Å². The average Bonchev–Trinajstić information content (AvgIpc) is 2.91. The van der Waals surface area contributed by atoms with Crippen molar-refractivity contribution in [2.75, 3.05) is 16.8 Å². The fourth-order valence-electron chi connectivity index (χ4n) is 3.97. The molecule has 221 valence electrons. The Morgan fingerprint density at radius 3 is 2.25 bits per heavy atom. The molecule has 0 saturated carbocycles. The molecule has 2 unspecified atom stereocenters. The molecule has 40 heavy (non-hydrogen) atoms. The number of ether oxygens (including phenoxy) is 1. The van der Waals surface area contributed by atoms with E-state index >= 15 is 0 Å². The average molecular weight is 642 g/mol. The van der Waals surface area contributed by atoms with Crippen LogP contribution in [0.4, 0.5) is 24.8 Å². The molecule has 0 amide bonds. The van der Waals surface area contributed by atoms with Gasteiger partial charge in [-0.15, -0.1) is 0 Å². The fourth-order valence-corrected chi connectivity index (χ4v) is 3.97. The number of aromatic nitrogens is 2. The van der Waals surface area contributed by atoms with Crippen molar-refractivity contribution in [2.24, 2.45) is 0 Å². The Labute approximate surface area is 261 Å². The molecule has 2 heterocycles. The van der Waals surface area contributed by atoms with Gasteiger partial charge in [0.25, 0.3) is 0 Å². The van der Waals surface area contributed by atoms with Crippen LogP contribution in [0.3, 0.4) is 0 Å². The third kappa shape index (κ3) is 11.7. The number of aliphatic carboxylic acids is 1. The number of fused-ring (bicyclic) bond motifs is 1. The second-order valence-electron chi connectivity index (χ2n) is 8.96. The molecular formula is C29H43F3N4O3Y. The Bertz CT molecular complexity index is 1030. The molecule has 0 fully saturated rings. The normalized spacial score (nSPS) is 15.7. The zero-order chi connectivity index (χ0) is 29.6. The summed E-state index contributed by atoms with van der Waals surface area (Å²) < 4.78 is 45.6. The first-order valence-corrected chi connectivity index (χ1v) is 13.6. The van der Waals surface area contributed by atoms with E-state index in [0.717, 1.165) is 18.2 Å². The van der Waals surface area contributed by atoms with Crippen molar-refractivity contribution >= 4 is 17.6 Å². The van der Waals surface area contributed by atoms with E-state index < -0.39 is 23.8 Å². The van der Waals surface area contributed by atoms with Crippen LogP contribution in [0, 0.1) is 0 Å². The molecule has 0 saturated heterocycles. The van der Waals surface area contributed by atoms with E-state index in [1.807, 2.05) is 32.6 Å². The third-order valence-corrected chi connectivity index (χ3v) is 5.98. The standard InChI is InChI=1S/C23H27F3N4O3.C4H10.C2H6.Y/c1-4-16-11-19(29-22-27-12-17(13-28-22)33-9-5-6-21(31)32)18-10-15(23(24,25)26)7-8-20(18)30(16)14(2)3;1-3-4-2;1-2;/h7-8,10,12-13,16,19H,2,4-6,9,11H2,1,3H3,(H,31,32)(H,27,28,29);3-4H2,1-2H3;1-2H3;. The molecule has 0 spiro atoms. The van der Waals surface area contributed by atoms with Gasteiger partial charge in [-0.1, -0.05) is 54.0 Å². The van der Waals surface area contributed by atoms with Crippen LogP contribution >= 0.6 is 0 Å². The Kier molecular flexibility index (Phi) is 18.0. The van der Waals surface area contributed by atoms with Crippen LogP contribution in [-0.4, -0.2) is 33.7 Å². The number of hydrogen-bond donors (Lipinski definition) is 2. The van der Waals surface area contributed by atoms with E-state index in [9.17, 15) is 18.0 Å². The first kappa shape index (κ1) is 37.8. The predicted octanol–water partition coefficient (Wildman–Crippen LogP) is 8.24. The van der Waals surface area contributed by atoms with Gasteiger partial charge in [-0.3, -0.25) is 4.79 Å². The molecule has 3 rings (SSSR count). The van der Waals surface area contributed by atoms with E-state index in [-0.39, 0.29) is 57.7 Å². The van der Waals surface area contributed by atoms with Gasteiger partial charge in [0.15, 0.2) is 5.75 Å². The second kappa shape index (κ2) is 19.0. The molecular weight excluding hydrogens is 598 g/mol. The number of anilines is 2. The van der Waals surface area contributed by atoms with Gasteiger partial charge in [-0.2, -0.15) is 13.2 Å². The van der Waals surface area contributed by atoms with Gasteiger partial charge < -0.3 is 20.1 Å². The summed E-state index contributed by atoms with van der Waals surface area (Å²) in [4.78, 5) is 21.0. The largest absolute Gasteiger partial charge is 0.490 e. The zero-order valence-corrected chi connectivity index (χ0v) is 27.4. The number of hydrogen-bond acceptors (Lipinski definition) is 6. The third-order valence-electron chi connectivity index (χ3n) is 5.98. The molecule has 7 nitrogen and oxygen atoms in total. The number of halogens is 3. The van der Waals surface area contributed by atoms with E-state index in [4.69, 9.17) is 9.84 Å². The summed E-state index contributed by atoms with van der Waals surface area (Å²) in [6, 6.07) is 3.40. The van der Waals surface area contributed by atoms with Gasteiger partial charge in [-0.25, -0.2) is 9.97 Å². The van der Waals surface area contributed by atoms with E-state index in [1.54, 1.807) is 0 Å². The minimum Gasteiger partial charge on any atom is -0.490 e. The number of nitrogens with zero attached hydrogens (tertiary/aromatic N) is 3. The van der Waals surface area contributed by atoms with Gasteiger partial charge in [0, 0.05) is 56.6 Å². The molecule has 2 N–H and O–H groups in total. The predicted molar refractivity (Wildman–Crippen MR) is 150 cm³/mol. The van der Waals surface area contributed by atoms with E-state index in [0.29, 0.717) is 29.8 Å². The summed E-state index contributed by atoms with van der Waals surface area (Å²) in [6.45, 7) is 16.5. The molecule has 1 aliphatic rings. The molecule has 1 radical (unpaired) electrons. The van der Waals surface area contributed by atoms with Gasteiger partial charge in [0.1, 0.15) is 0 Å². The first-order chi connectivity index (χ1) is 18.5. The number of carboxylic acids is 1. The van der Waals surface area contributed by atoms with Crippen molar-refractivity contribution in [1.29, 1.82) is 0 Å². The monoisotopic (exact) mass is 641 g/mol. The number of allylic oxidation sites excluding steroid dienone is 1. The summed E-state index contributed by atoms with van der Waals surface area (Å²) in [6.07, 6.45) is 2.77. The number of alkyl halides is 3. The fraction of sp³-hybridized carbons (Fsp3) is 0.552. The van der Waals surface area contributed by atoms with E-state index in [1.165, 1.54) is 37.4 Å². The van der Waals surface area contributed by atoms with Gasteiger partial charge in [0.05, 0.1) is 30.6 Å². The first-order valence-electron chi connectivity index (χ1n) is 13.6. The summed E-state index contributed by atoms with van der Waals surface area (Å²) in [5, 5.41) is 11.8. The van der Waals surface area contributed by atoms with Crippen molar-refractivity contribution < 1.29 is 60.5 Å². The van der Waals surface area contributed by atoms with Crippen LogP contribution < -0.4 is 15.0 Å². The summed E-state index contributed by atoms with van der Waals surface area (Å²) in [5.41, 5.74) is 1.25. The molecule has 1 aromatic heterocycles. The number of carbonyl (C=O) groups is 1. The van der Waals surface area contributed by atoms with Crippen LogP contribution in [0.15, 0.2) is 42.9 Å². The van der Waals surface area contributed by atoms with Crippen molar-refractivity contribution in [1.82, 2.24) is 9.97 Å². The summed E-state index contributed by atoms with van der Waals surface area (Å²) in [7, 11) is 0. The topological polar surface area (TPSA) is 87.6 Å². The molecule has 2 aromatic rings. The SMILES string of the molecule is C=C(C)N1c2ccc(C(F)(F)F)cc2C(Nc2ncc(OCCCC(=O)O)cn2)CC1CC.CC.CCCC.[Y]. The van der Waals surface area contributed by atoms with Gasteiger partial charge in [0.2, 0.25) is 5.95 Å². The molecule has 2 atom stereocenters. The maximum absolute atomic E-state index is 13.4. The van der Waals surface area contributed by atoms with Crippen LogP contribution in [0.2, 0.25) is 0 Å². The summed E-state index contributed by atoms with van der Waals surface area (Å²) >= 11 is 0. The minimum absolute atomic E-state index is 0. The molecule has 1 aromatic carbocycles. The number of carboxylic acid groups (broad SMARTS) is 1. The Morgan fingerprint density at radius 1 is 1.18 bits per heavy atom. The van der Waals surface area contributed by atoms with Gasteiger partial charge >= 0.3 is 12.1 Å². The molecule has 0 aliphatic carbocycles. The Hall–Kier alpha value is -2.20. The van der Waals surface area contributed by atoms with Crippen molar-refractivity contribution in [3.05, 3.63) is 54.0 Å². The molecule has 0 bridgehead atoms. The van der Waals surface area contributed by atoms with Crippen LogP contribution in [0.25, 0.3) is 0 Å². The maximum Gasteiger partial charge on any atom is 0.416 e. The van der Waals surface area contributed by atoms with Crippen LogP contribution in [0.5, 0.6) is 5.75 Å². The second-order valence-corrected chi connectivity index (χ2v) is 8.96. The van der Waals surface area contributed by atoms with Crippen molar-refractivity contribution in [3.63, 3.8) is 0 Å². The summed E-state index contributed by atoms with van der Waals surface area (Å²) in [5.74, 6) is -0.249. The van der Waals surface area contributed by atoms with Crippen LogP contribution in [0.1, 0.15) is 97.2 Å². The molecule has 1 aliphatic heterocycles. The molecule has 11 heteroatoms. The smallest absolute Gasteiger partial charge is 0.416 e. The van der Waals surface area contributed by atoms with Gasteiger partial charge in [-0.05, 0) is 49.9 Å². The quantitative estimate of drug-likeness (QED) is 0.253.